The highest BCUT2D eigenvalue weighted by atomic mass is 35.5. The number of carbonyl (C=O) groups excluding carboxylic acids is 1. The van der Waals surface area contributed by atoms with E-state index in [2.05, 4.69) is 10.4 Å². The Morgan fingerprint density at radius 3 is 2.68 bits per heavy atom. The monoisotopic (exact) mass is 308 g/mol. The molecule has 0 bridgehead atoms. The first kappa shape index (κ1) is 18.2. The first-order valence-electron chi connectivity index (χ1n) is 6.21. The van der Waals surface area contributed by atoms with Gasteiger partial charge in [-0.25, -0.2) is 0 Å². The van der Waals surface area contributed by atoms with Gasteiger partial charge < -0.3 is 10.2 Å². The molecular formula is C12H22Cl2N4O. The van der Waals surface area contributed by atoms with E-state index in [0.717, 1.165) is 25.9 Å². The zero-order chi connectivity index (χ0) is 12.1. The van der Waals surface area contributed by atoms with Crippen LogP contribution in [0.2, 0.25) is 0 Å². The maximum Gasteiger partial charge on any atom is 0.224 e. The summed E-state index contributed by atoms with van der Waals surface area (Å²) in [6.45, 7) is 2.70. The van der Waals surface area contributed by atoms with Crippen LogP contribution in [0.3, 0.4) is 0 Å². The number of piperidine rings is 1. The van der Waals surface area contributed by atoms with Gasteiger partial charge in [0.25, 0.3) is 0 Å². The Bertz CT molecular complexity index is 353. The van der Waals surface area contributed by atoms with Crippen molar-refractivity contribution in [3.8, 4) is 0 Å². The molecular weight excluding hydrogens is 287 g/mol. The minimum absolute atomic E-state index is 0. The Hall–Kier alpha value is -0.780. The van der Waals surface area contributed by atoms with E-state index in [-0.39, 0.29) is 30.7 Å². The van der Waals surface area contributed by atoms with E-state index < -0.39 is 0 Å². The summed E-state index contributed by atoms with van der Waals surface area (Å²) >= 11 is 0. The van der Waals surface area contributed by atoms with Crippen molar-refractivity contribution < 1.29 is 4.79 Å². The molecule has 1 fully saturated rings. The molecule has 1 aliphatic rings. The van der Waals surface area contributed by atoms with Gasteiger partial charge in [-0.2, -0.15) is 5.10 Å². The number of rotatable bonds is 4. The highest BCUT2D eigenvalue weighted by Gasteiger charge is 2.21. The zero-order valence-corrected chi connectivity index (χ0v) is 12.8. The lowest BCUT2D eigenvalue weighted by Crippen LogP contribution is -2.44. The molecule has 110 valence electrons. The van der Waals surface area contributed by atoms with Crippen LogP contribution >= 0.6 is 24.8 Å². The summed E-state index contributed by atoms with van der Waals surface area (Å²) in [6, 6.07) is 2.28. The number of hydrogen-bond donors (Lipinski definition) is 1. The van der Waals surface area contributed by atoms with Crippen LogP contribution in [0.25, 0.3) is 0 Å². The summed E-state index contributed by atoms with van der Waals surface area (Å²) in [5, 5.41) is 7.41. The molecule has 7 heteroatoms. The lowest BCUT2D eigenvalue weighted by molar-refractivity contribution is -0.132. The maximum absolute atomic E-state index is 12.0. The van der Waals surface area contributed by atoms with E-state index in [1.807, 2.05) is 24.2 Å². The average molecular weight is 309 g/mol. The van der Waals surface area contributed by atoms with Crippen molar-refractivity contribution in [1.82, 2.24) is 20.0 Å². The van der Waals surface area contributed by atoms with Crippen molar-refractivity contribution in [1.29, 1.82) is 0 Å². The second-order valence-electron chi connectivity index (χ2n) is 4.50. The molecule has 0 saturated carbocycles. The van der Waals surface area contributed by atoms with Crippen molar-refractivity contribution >= 4 is 30.7 Å². The van der Waals surface area contributed by atoms with Gasteiger partial charge in [0.2, 0.25) is 5.91 Å². The Labute approximate surface area is 126 Å². The molecule has 1 N–H and O–H groups in total. The number of carbonyl (C=O) groups is 1. The van der Waals surface area contributed by atoms with E-state index in [4.69, 9.17) is 0 Å². The SMILES string of the molecule is CN(C(=O)CCn1cccn1)C1CCNCC1.Cl.Cl. The largest absolute Gasteiger partial charge is 0.343 e. The van der Waals surface area contributed by atoms with Crippen LogP contribution in [0.4, 0.5) is 0 Å². The summed E-state index contributed by atoms with van der Waals surface area (Å²) in [5.74, 6) is 0.215. The molecule has 0 atom stereocenters. The van der Waals surface area contributed by atoms with Crippen LogP contribution in [0, 0.1) is 0 Å². The van der Waals surface area contributed by atoms with E-state index in [1.54, 1.807) is 10.9 Å². The zero-order valence-electron chi connectivity index (χ0n) is 11.1. The number of hydrogen-bond acceptors (Lipinski definition) is 3. The minimum atomic E-state index is 0. The van der Waals surface area contributed by atoms with Crippen LogP contribution < -0.4 is 5.32 Å². The highest BCUT2D eigenvalue weighted by molar-refractivity contribution is 5.85. The van der Waals surface area contributed by atoms with Crippen LogP contribution in [0.15, 0.2) is 18.5 Å². The standard InChI is InChI=1S/C12H20N4O.2ClH/c1-15(11-3-7-13-8-4-11)12(17)5-10-16-9-2-6-14-16;;/h2,6,9,11,13H,3-5,7-8,10H2,1H3;2*1H. The number of amides is 1. The van der Waals surface area contributed by atoms with Gasteiger partial charge in [0.05, 0.1) is 0 Å². The number of nitrogens with zero attached hydrogens (tertiary/aromatic N) is 3. The normalized spacial score (nSPS) is 15.2. The predicted octanol–water partition coefficient (Wildman–Crippen LogP) is 1.33. The molecule has 1 aromatic rings. The van der Waals surface area contributed by atoms with Gasteiger partial charge in [0.15, 0.2) is 0 Å². The summed E-state index contributed by atoms with van der Waals surface area (Å²) in [5.41, 5.74) is 0. The smallest absolute Gasteiger partial charge is 0.224 e. The van der Waals surface area contributed by atoms with Gasteiger partial charge in [-0.3, -0.25) is 9.48 Å². The van der Waals surface area contributed by atoms with Crippen molar-refractivity contribution in [2.24, 2.45) is 0 Å². The van der Waals surface area contributed by atoms with Gasteiger partial charge in [0.1, 0.15) is 0 Å². The Morgan fingerprint density at radius 2 is 2.11 bits per heavy atom. The lowest BCUT2D eigenvalue weighted by atomic mass is 10.1. The molecule has 2 heterocycles. The Morgan fingerprint density at radius 1 is 1.42 bits per heavy atom. The third-order valence-corrected chi connectivity index (χ3v) is 3.36. The topological polar surface area (TPSA) is 50.2 Å². The van der Waals surface area contributed by atoms with Gasteiger partial charge in [-0.15, -0.1) is 24.8 Å². The van der Waals surface area contributed by atoms with E-state index in [9.17, 15) is 4.79 Å². The van der Waals surface area contributed by atoms with E-state index >= 15 is 0 Å². The first-order valence-corrected chi connectivity index (χ1v) is 6.21. The molecule has 1 amide bonds. The van der Waals surface area contributed by atoms with Crippen molar-refractivity contribution in [3.05, 3.63) is 18.5 Å². The molecule has 1 saturated heterocycles. The fourth-order valence-electron chi connectivity index (χ4n) is 2.22. The van der Waals surface area contributed by atoms with Crippen LogP contribution in [-0.4, -0.2) is 46.8 Å². The van der Waals surface area contributed by atoms with Crippen molar-refractivity contribution in [3.63, 3.8) is 0 Å². The fourth-order valence-corrected chi connectivity index (χ4v) is 2.22. The molecule has 0 aliphatic carbocycles. The molecule has 0 radical (unpaired) electrons. The van der Waals surface area contributed by atoms with E-state index in [1.165, 1.54) is 0 Å². The average Bonchev–Trinajstić information content (AvgIpc) is 2.89. The molecule has 0 aromatic carbocycles. The number of aromatic nitrogens is 2. The van der Waals surface area contributed by atoms with Crippen LogP contribution in [0.5, 0.6) is 0 Å². The van der Waals surface area contributed by atoms with Crippen molar-refractivity contribution in [2.75, 3.05) is 20.1 Å². The molecule has 1 aliphatic heterocycles. The van der Waals surface area contributed by atoms with Gasteiger partial charge in [-0.05, 0) is 32.0 Å². The second kappa shape index (κ2) is 9.18. The molecule has 19 heavy (non-hydrogen) atoms. The first-order chi connectivity index (χ1) is 8.27. The third-order valence-electron chi connectivity index (χ3n) is 3.36. The van der Waals surface area contributed by atoms with Crippen molar-refractivity contribution in [2.45, 2.75) is 31.8 Å². The Balaban J connectivity index is 0.00000162. The number of nitrogens with one attached hydrogen (secondary N) is 1. The number of aryl methyl sites for hydroxylation is 1. The van der Waals surface area contributed by atoms with Gasteiger partial charge in [-0.1, -0.05) is 0 Å². The third kappa shape index (κ3) is 5.38. The molecule has 0 spiro atoms. The summed E-state index contributed by atoms with van der Waals surface area (Å²) in [6.07, 6.45) is 6.27. The fraction of sp³-hybridized carbons (Fsp3) is 0.667. The summed E-state index contributed by atoms with van der Waals surface area (Å²) in [4.78, 5) is 13.9. The summed E-state index contributed by atoms with van der Waals surface area (Å²) in [7, 11) is 1.92. The predicted molar refractivity (Wildman–Crippen MR) is 80.0 cm³/mol. The lowest BCUT2D eigenvalue weighted by Gasteiger charge is -2.31. The molecule has 5 nitrogen and oxygen atoms in total. The maximum atomic E-state index is 12.0. The highest BCUT2D eigenvalue weighted by Crippen LogP contribution is 2.11. The molecule has 0 unspecified atom stereocenters. The van der Waals surface area contributed by atoms with E-state index in [0.29, 0.717) is 19.0 Å². The van der Waals surface area contributed by atoms with Crippen LogP contribution in [-0.2, 0) is 11.3 Å². The molecule has 2 rings (SSSR count). The quantitative estimate of drug-likeness (QED) is 0.913. The second-order valence-corrected chi connectivity index (χ2v) is 4.50. The Kier molecular flexibility index (Phi) is 8.80. The number of halogens is 2. The molecule has 1 aromatic heterocycles. The van der Waals surface area contributed by atoms with Gasteiger partial charge >= 0.3 is 0 Å². The van der Waals surface area contributed by atoms with Gasteiger partial charge in [0, 0.05) is 38.4 Å². The summed E-state index contributed by atoms with van der Waals surface area (Å²) < 4.78 is 1.80. The van der Waals surface area contributed by atoms with Crippen LogP contribution in [0.1, 0.15) is 19.3 Å². The minimum Gasteiger partial charge on any atom is -0.343 e.